The van der Waals surface area contributed by atoms with Gasteiger partial charge in [-0.1, -0.05) is 12.8 Å². The van der Waals surface area contributed by atoms with E-state index in [2.05, 4.69) is 12.2 Å². The van der Waals surface area contributed by atoms with Gasteiger partial charge in [-0.15, -0.1) is 0 Å². The van der Waals surface area contributed by atoms with Crippen molar-refractivity contribution in [3.05, 3.63) is 0 Å². The third kappa shape index (κ3) is 4.10. The van der Waals surface area contributed by atoms with E-state index < -0.39 is 0 Å². The van der Waals surface area contributed by atoms with Gasteiger partial charge in [-0.05, 0) is 38.6 Å². The highest BCUT2D eigenvalue weighted by atomic mass is 16.5. The molecule has 0 spiro atoms. The van der Waals surface area contributed by atoms with Crippen LogP contribution in [0.1, 0.15) is 39.0 Å². The molecule has 0 unspecified atom stereocenters. The van der Waals surface area contributed by atoms with Crippen molar-refractivity contribution in [2.75, 3.05) is 20.3 Å². The Morgan fingerprint density at radius 1 is 1.38 bits per heavy atom. The molecule has 0 aromatic carbocycles. The summed E-state index contributed by atoms with van der Waals surface area (Å²) in [6.45, 7) is 4.30. The molecule has 1 fully saturated rings. The topological polar surface area (TPSA) is 21.3 Å². The van der Waals surface area contributed by atoms with Crippen LogP contribution in [0.15, 0.2) is 0 Å². The molecule has 0 aromatic heterocycles. The van der Waals surface area contributed by atoms with Crippen molar-refractivity contribution < 1.29 is 4.74 Å². The Bertz CT molecular complexity index is 121. The van der Waals surface area contributed by atoms with E-state index in [0.717, 1.165) is 25.5 Å². The second-order valence-electron chi connectivity index (χ2n) is 4.13. The minimum Gasteiger partial charge on any atom is -0.385 e. The predicted octanol–water partition coefficient (Wildman–Crippen LogP) is 2.19. The molecule has 2 nitrogen and oxygen atoms in total. The largest absolute Gasteiger partial charge is 0.385 e. The van der Waals surface area contributed by atoms with Gasteiger partial charge >= 0.3 is 0 Å². The molecule has 0 aromatic rings. The monoisotopic (exact) mass is 185 g/mol. The van der Waals surface area contributed by atoms with Gasteiger partial charge in [0.05, 0.1) is 0 Å². The maximum atomic E-state index is 5.01. The minimum atomic E-state index is 0.708. The fourth-order valence-electron chi connectivity index (χ4n) is 2.17. The van der Waals surface area contributed by atoms with Crippen molar-refractivity contribution in [2.45, 2.75) is 45.1 Å². The molecule has 1 saturated carbocycles. The summed E-state index contributed by atoms with van der Waals surface area (Å²) < 4.78 is 5.01. The second kappa shape index (κ2) is 6.39. The zero-order chi connectivity index (χ0) is 9.52. The van der Waals surface area contributed by atoms with Crippen LogP contribution in [0.25, 0.3) is 0 Å². The second-order valence-corrected chi connectivity index (χ2v) is 4.13. The summed E-state index contributed by atoms with van der Waals surface area (Å²) in [6, 6.07) is 0.708. The fraction of sp³-hybridized carbons (Fsp3) is 1.00. The fourth-order valence-corrected chi connectivity index (χ4v) is 2.17. The van der Waals surface area contributed by atoms with Gasteiger partial charge in [0.1, 0.15) is 0 Å². The molecule has 1 atom stereocenters. The Kier molecular flexibility index (Phi) is 5.40. The van der Waals surface area contributed by atoms with Crippen molar-refractivity contribution in [3.63, 3.8) is 0 Å². The normalized spacial score (nSPS) is 20.8. The standard InChI is InChI=1S/C11H23NO/c1-10(11-6-3-4-7-11)12-8-5-9-13-2/h10-12H,3-9H2,1-2H3/t10-/m0/s1. The third-order valence-corrected chi connectivity index (χ3v) is 3.10. The Hall–Kier alpha value is -0.0800. The molecule has 0 radical (unpaired) electrons. The average molecular weight is 185 g/mol. The van der Waals surface area contributed by atoms with Crippen LogP contribution in [0.4, 0.5) is 0 Å². The van der Waals surface area contributed by atoms with E-state index in [1.54, 1.807) is 7.11 Å². The molecule has 0 bridgehead atoms. The Balaban J connectivity index is 1.99. The van der Waals surface area contributed by atoms with E-state index in [0.29, 0.717) is 6.04 Å². The van der Waals surface area contributed by atoms with Crippen molar-refractivity contribution in [1.29, 1.82) is 0 Å². The Morgan fingerprint density at radius 2 is 2.08 bits per heavy atom. The van der Waals surface area contributed by atoms with Crippen LogP contribution in [0.3, 0.4) is 0 Å². The smallest absolute Gasteiger partial charge is 0.0474 e. The van der Waals surface area contributed by atoms with Crippen molar-refractivity contribution in [1.82, 2.24) is 5.32 Å². The number of methoxy groups -OCH3 is 1. The first-order valence-corrected chi connectivity index (χ1v) is 5.57. The summed E-state index contributed by atoms with van der Waals surface area (Å²) in [4.78, 5) is 0. The van der Waals surface area contributed by atoms with Crippen LogP contribution in [0.5, 0.6) is 0 Å². The highest BCUT2D eigenvalue weighted by molar-refractivity contribution is 4.76. The average Bonchev–Trinajstić information content (AvgIpc) is 2.65. The van der Waals surface area contributed by atoms with Gasteiger partial charge < -0.3 is 10.1 Å². The Labute approximate surface area is 82.0 Å². The first kappa shape index (κ1) is 11.0. The zero-order valence-corrected chi connectivity index (χ0v) is 9.01. The molecule has 0 heterocycles. The molecule has 1 aliphatic rings. The zero-order valence-electron chi connectivity index (χ0n) is 9.01. The van der Waals surface area contributed by atoms with E-state index in [4.69, 9.17) is 4.74 Å². The van der Waals surface area contributed by atoms with Gasteiger partial charge in [0.15, 0.2) is 0 Å². The first-order chi connectivity index (χ1) is 6.34. The molecule has 78 valence electrons. The van der Waals surface area contributed by atoms with Crippen molar-refractivity contribution >= 4 is 0 Å². The van der Waals surface area contributed by atoms with Crippen LogP contribution in [-0.2, 0) is 4.74 Å². The summed E-state index contributed by atoms with van der Waals surface area (Å²) in [7, 11) is 1.76. The number of hydrogen-bond donors (Lipinski definition) is 1. The van der Waals surface area contributed by atoms with Gasteiger partial charge in [0.2, 0.25) is 0 Å². The first-order valence-electron chi connectivity index (χ1n) is 5.57. The van der Waals surface area contributed by atoms with Crippen LogP contribution >= 0.6 is 0 Å². The lowest BCUT2D eigenvalue weighted by molar-refractivity contribution is 0.192. The summed E-state index contributed by atoms with van der Waals surface area (Å²) in [5.41, 5.74) is 0. The van der Waals surface area contributed by atoms with Gasteiger partial charge in [-0.2, -0.15) is 0 Å². The summed E-state index contributed by atoms with van der Waals surface area (Å²) in [5.74, 6) is 0.933. The highest BCUT2D eigenvalue weighted by Gasteiger charge is 2.20. The SMILES string of the molecule is COCCCN[C@@H](C)C1CCCC1. The molecule has 1 rings (SSSR count). The molecular formula is C11H23NO. The van der Waals surface area contributed by atoms with Gasteiger partial charge in [0, 0.05) is 19.8 Å². The lowest BCUT2D eigenvalue weighted by atomic mass is 10.00. The number of rotatable bonds is 6. The number of ether oxygens (including phenoxy) is 1. The maximum absolute atomic E-state index is 5.01. The van der Waals surface area contributed by atoms with E-state index in [1.807, 2.05) is 0 Å². The lowest BCUT2D eigenvalue weighted by Gasteiger charge is -2.20. The van der Waals surface area contributed by atoms with Crippen molar-refractivity contribution in [3.8, 4) is 0 Å². The molecule has 1 aliphatic carbocycles. The quantitative estimate of drug-likeness (QED) is 0.640. The van der Waals surface area contributed by atoms with E-state index in [1.165, 1.54) is 25.7 Å². The van der Waals surface area contributed by atoms with Crippen LogP contribution in [0.2, 0.25) is 0 Å². The van der Waals surface area contributed by atoms with Crippen molar-refractivity contribution in [2.24, 2.45) is 5.92 Å². The molecule has 0 aliphatic heterocycles. The molecule has 0 saturated heterocycles. The molecular weight excluding hydrogens is 162 g/mol. The minimum absolute atomic E-state index is 0.708. The van der Waals surface area contributed by atoms with Gasteiger partial charge in [0.25, 0.3) is 0 Å². The number of hydrogen-bond acceptors (Lipinski definition) is 2. The highest BCUT2D eigenvalue weighted by Crippen LogP contribution is 2.27. The lowest BCUT2D eigenvalue weighted by Crippen LogP contribution is -2.33. The third-order valence-electron chi connectivity index (χ3n) is 3.10. The van der Waals surface area contributed by atoms with Crippen LogP contribution in [0, 0.1) is 5.92 Å². The molecule has 0 amide bonds. The van der Waals surface area contributed by atoms with E-state index in [-0.39, 0.29) is 0 Å². The molecule has 13 heavy (non-hydrogen) atoms. The van der Waals surface area contributed by atoms with Gasteiger partial charge in [-0.25, -0.2) is 0 Å². The van der Waals surface area contributed by atoms with E-state index >= 15 is 0 Å². The van der Waals surface area contributed by atoms with Crippen LogP contribution < -0.4 is 5.32 Å². The Morgan fingerprint density at radius 3 is 2.69 bits per heavy atom. The summed E-state index contributed by atoms with van der Waals surface area (Å²) in [6.07, 6.45) is 6.87. The molecule has 2 heteroatoms. The summed E-state index contributed by atoms with van der Waals surface area (Å²) in [5, 5.41) is 3.58. The summed E-state index contributed by atoms with van der Waals surface area (Å²) >= 11 is 0. The van der Waals surface area contributed by atoms with E-state index in [9.17, 15) is 0 Å². The number of nitrogens with one attached hydrogen (secondary N) is 1. The maximum Gasteiger partial charge on any atom is 0.0474 e. The molecule has 1 N–H and O–H groups in total. The van der Waals surface area contributed by atoms with Crippen LogP contribution in [-0.4, -0.2) is 26.3 Å². The van der Waals surface area contributed by atoms with Gasteiger partial charge in [-0.3, -0.25) is 0 Å². The predicted molar refractivity (Wildman–Crippen MR) is 55.9 cm³/mol.